The second kappa shape index (κ2) is 11.5. The quantitative estimate of drug-likeness (QED) is 0.442. The summed E-state index contributed by atoms with van der Waals surface area (Å²) in [6.07, 6.45) is -0.350. The molecule has 0 fully saturated rings. The molecule has 2 atom stereocenters. The number of carbonyl (C=O) groups excluding carboxylic acids is 1. The van der Waals surface area contributed by atoms with Gasteiger partial charge in [-0.3, -0.25) is 10.2 Å². The molecule has 196 valence electrons. The standard InChI is InChI=1S/C26H31FN6O4/c1-4-32-11-10-17(3)33(24-22(32)9-8-21(29-24)18-6-5-7-19(27)13-18)26(36)31-25-28-16(2)12-23(30-25)37-15-20(35)14-34/h5-9,12-13,17,20,34-35H,4,10-11,14-15H2,1-3H3,(H,28,30,31,36)/t17-,20?/m1/s1. The second-order valence-corrected chi connectivity index (χ2v) is 8.89. The van der Waals surface area contributed by atoms with Gasteiger partial charge >= 0.3 is 6.03 Å². The van der Waals surface area contributed by atoms with Crippen LogP contribution < -0.4 is 19.9 Å². The van der Waals surface area contributed by atoms with Crippen molar-refractivity contribution < 1.29 is 24.1 Å². The number of nitrogens with zero attached hydrogens (tertiary/aromatic N) is 5. The minimum absolute atomic E-state index is 0.0325. The number of aliphatic hydroxyl groups is 2. The molecule has 3 aromatic rings. The number of ether oxygens (including phenoxy) is 1. The molecule has 11 heteroatoms. The normalized spacial score (nSPS) is 16.1. The molecule has 2 amide bonds. The average Bonchev–Trinajstić information content (AvgIpc) is 3.01. The average molecular weight is 511 g/mol. The van der Waals surface area contributed by atoms with Crippen LogP contribution in [0, 0.1) is 12.7 Å². The van der Waals surface area contributed by atoms with Crippen molar-refractivity contribution in [2.75, 3.05) is 41.4 Å². The number of rotatable bonds is 7. The monoisotopic (exact) mass is 510 g/mol. The lowest BCUT2D eigenvalue weighted by atomic mass is 10.1. The molecule has 3 heterocycles. The maximum absolute atomic E-state index is 13.9. The number of hydrogen-bond acceptors (Lipinski definition) is 8. The van der Waals surface area contributed by atoms with Gasteiger partial charge in [0.2, 0.25) is 11.8 Å². The number of fused-ring (bicyclic) bond motifs is 1. The van der Waals surface area contributed by atoms with Crippen LogP contribution in [0.2, 0.25) is 0 Å². The van der Waals surface area contributed by atoms with Gasteiger partial charge in [0.1, 0.15) is 18.5 Å². The lowest BCUT2D eigenvalue weighted by Gasteiger charge is -2.28. The van der Waals surface area contributed by atoms with E-state index in [4.69, 9.17) is 14.8 Å². The topological polar surface area (TPSA) is 124 Å². The van der Waals surface area contributed by atoms with Crippen molar-refractivity contribution in [1.82, 2.24) is 15.0 Å². The van der Waals surface area contributed by atoms with E-state index in [1.165, 1.54) is 12.1 Å². The molecular formula is C26H31FN6O4. The van der Waals surface area contributed by atoms with Crippen LogP contribution in [0.1, 0.15) is 26.0 Å². The van der Waals surface area contributed by atoms with Crippen LogP contribution in [0.4, 0.5) is 26.6 Å². The molecule has 1 aromatic carbocycles. The molecular weight excluding hydrogens is 479 g/mol. The smallest absolute Gasteiger partial charge is 0.330 e. The van der Waals surface area contributed by atoms with Crippen molar-refractivity contribution in [2.24, 2.45) is 0 Å². The van der Waals surface area contributed by atoms with E-state index in [9.17, 15) is 14.3 Å². The minimum Gasteiger partial charge on any atom is -0.475 e. The van der Waals surface area contributed by atoms with Crippen LogP contribution in [0.3, 0.4) is 0 Å². The van der Waals surface area contributed by atoms with Crippen LogP contribution >= 0.6 is 0 Å². The first kappa shape index (κ1) is 26.2. The number of benzene rings is 1. The number of aromatic nitrogens is 3. The predicted octanol–water partition coefficient (Wildman–Crippen LogP) is 3.38. The van der Waals surface area contributed by atoms with E-state index in [0.29, 0.717) is 29.2 Å². The van der Waals surface area contributed by atoms with Crippen LogP contribution in [0.5, 0.6) is 5.88 Å². The highest BCUT2D eigenvalue weighted by atomic mass is 19.1. The molecule has 1 aliphatic rings. The van der Waals surface area contributed by atoms with Crippen LogP contribution in [-0.4, -0.2) is 69.6 Å². The number of carbonyl (C=O) groups is 1. The fourth-order valence-electron chi connectivity index (χ4n) is 4.16. The van der Waals surface area contributed by atoms with Crippen molar-refractivity contribution in [3.63, 3.8) is 0 Å². The summed E-state index contributed by atoms with van der Waals surface area (Å²) in [6.45, 7) is 6.58. The molecule has 1 aliphatic heterocycles. The summed E-state index contributed by atoms with van der Waals surface area (Å²) in [7, 11) is 0. The van der Waals surface area contributed by atoms with E-state index in [1.54, 1.807) is 30.0 Å². The van der Waals surface area contributed by atoms with Gasteiger partial charge in [0.25, 0.3) is 0 Å². The first-order valence-corrected chi connectivity index (χ1v) is 12.2. The Morgan fingerprint density at radius 2 is 2.05 bits per heavy atom. The van der Waals surface area contributed by atoms with E-state index in [-0.39, 0.29) is 30.3 Å². The molecule has 1 unspecified atom stereocenters. The summed E-state index contributed by atoms with van der Waals surface area (Å²) in [4.78, 5) is 30.7. The first-order valence-electron chi connectivity index (χ1n) is 12.2. The second-order valence-electron chi connectivity index (χ2n) is 8.89. The van der Waals surface area contributed by atoms with Crippen LogP contribution in [0.15, 0.2) is 42.5 Å². The third kappa shape index (κ3) is 6.12. The Morgan fingerprint density at radius 1 is 1.24 bits per heavy atom. The summed E-state index contributed by atoms with van der Waals surface area (Å²) in [5.41, 5.74) is 2.50. The van der Waals surface area contributed by atoms with E-state index >= 15 is 0 Å². The third-order valence-electron chi connectivity index (χ3n) is 6.09. The largest absolute Gasteiger partial charge is 0.475 e. The number of halogens is 1. The Hall–Kier alpha value is -3.83. The van der Waals surface area contributed by atoms with Gasteiger partial charge in [-0.15, -0.1) is 0 Å². The Bertz CT molecular complexity index is 1260. The molecule has 0 bridgehead atoms. The predicted molar refractivity (Wildman–Crippen MR) is 138 cm³/mol. The summed E-state index contributed by atoms with van der Waals surface area (Å²) in [5.74, 6) is 0.281. The molecule has 0 aliphatic carbocycles. The number of urea groups is 1. The highest BCUT2D eigenvalue weighted by Crippen LogP contribution is 2.35. The molecule has 37 heavy (non-hydrogen) atoms. The van der Waals surface area contributed by atoms with Gasteiger partial charge in [0.05, 0.1) is 18.0 Å². The van der Waals surface area contributed by atoms with Crippen molar-refractivity contribution in [2.45, 2.75) is 39.3 Å². The van der Waals surface area contributed by atoms with Gasteiger partial charge in [-0.1, -0.05) is 12.1 Å². The number of pyridine rings is 1. The van der Waals surface area contributed by atoms with E-state index in [1.807, 2.05) is 26.0 Å². The van der Waals surface area contributed by atoms with E-state index in [2.05, 4.69) is 20.2 Å². The summed E-state index contributed by atoms with van der Waals surface area (Å²) < 4.78 is 19.3. The van der Waals surface area contributed by atoms with Gasteiger partial charge in [0, 0.05) is 36.5 Å². The number of nitrogens with one attached hydrogen (secondary N) is 1. The fraction of sp³-hybridized carbons (Fsp3) is 0.385. The number of aryl methyl sites for hydroxylation is 1. The first-order chi connectivity index (χ1) is 17.8. The zero-order chi connectivity index (χ0) is 26.5. The van der Waals surface area contributed by atoms with Crippen molar-refractivity contribution in [1.29, 1.82) is 0 Å². The Morgan fingerprint density at radius 3 is 2.78 bits per heavy atom. The molecule has 2 aromatic heterocycles. The molecule has 10 nitrogen and oxygen atoms in total. The van der Waals surface area contributed by atoms with E-state index in [0.717, 1.165) is 18.8 Å². The zero-order valence-electron chi connectivity index (χ0n) is 21.1. The Balaban J connectivity index is 1.68. The van der Waals surface area contributed by atoms with E-state index < -0.39 is 18.7 Å². The lowest BCUT2D eigenvalue weighted by Crippen LogP contribution is -2.42. The fourth-order valence-corrected chi connectivity index (χ4v) is 4.16. The molecule has 4 rings (SSSR count). The molecule has 0 radical (unpaired) electrons. The van der Waals surface area contributed by atoms with Crippen molar-refractivity contribution in [3.8, 4) is 17.1 Å². The lowest BCUT2D eigenvalue weighted by molar-refractivity contribution is 0.0521. The minimum atomic E-state index is -1.05. The van der Waals surface area contributed by atoms with Crippen molar-refractivity contribution in [3.05, 3.63) is 54.0 Å². The number of hydrogen-bond donors (Lipinski definition) is 3. The Kier molecular flexibility index (Phi) is 8.14. The Labute approximate surface area is 214 Å². The van der Waals surface area contributed by atoms with Crippen LogP contribution in [0.25, 0.3) is 11.3 Å². The van der Waals surface area contributed by atoms with Gasteiger partial charge in [-0.2, -0.15) is 4.98 Å². The summed E-state index contributed by atoms with van der Waals surface area (Å²) >= 11 is 0. The summed E-state index contributed by atoms with van der Waals surface area (Å²) in [5, 5.41) is 21.3. The van der Waals surface area contributed by atoms with Crippen LogP contribution in [-0.2, 0) is 0 Å². The number of aliphatic hydroxyl groups excluding tert-OH is 2. The molecule has 0 saturated carbocycles. The maximum atomic E-state index is 13.9. The number of amides is 2. The van der Waals surface area contributed by atoms with Gasteiger partial charge in [-0.05, 0) is 51.5 Å². The SMILES string of the molecule is CCN1CC[C@@H](C)N(C(=O)Nc2nc(C)cc(OCC(O)CO)n2)c2nc(-c3cccc(F)c3)ccc21. The van der Waals surface area contributed by atoms with Gasteiger partial charge < -0.3 is 19.8 Å². The van der Waals surface area contributed by atoms with Gasteiger partial charge in [-0.25, -0.2) is 19.2 Å². The highest BCUT2D eigenvalue weighted by molar-refractivity contribution is 6.03. The van der Waals surface area contributed by atoms with Crippen molar-refractivity contribution >= 4 is 23.5 Å². The highest BCUT2D eigenvalue weighted by Gasteiger charge is 2.31. The van der Waals surface area contributed by atoms with Gasteiger partial charge in [0.15, 0.2) is 5.82 Å². The number of anilines is 3. The zero-order valence-corrected chi connectivity index (χ0v) is 21.1. The molecule has 0 saturated heterocycles. The molecule has 0 spiro atoms. The third-order valence-corrected chi connectivity index (χ3v) is 6.09. The summed E-state index contributed by atoms with van der Waals surface area (Å²) in [6, 6.07) is 10.8. The maximum Gasteiger partial charge on any atom is 0.330 e. The molecule has 3 N–H and O–H groups in total.